The summed E-state index contributed by atoms with van der Waals surface area (Å²) in [5.41, 5.74) is 0.296. The van der Waals surface area contributed by atoms with Crippen LogP contribution in [0.3, 0.4) is 0 Å². The quantitative estimate of drug-likeness (QED) is 0.479. The maximum Gasteiger partial charge on any atom is 0.373 e. The minimum Gasteiger partial charge on any atom is -0.480 e. The van der Waals surface area contributed by atoms with E-state index in [0.29, 0.717) is 5.56 Å². The number of carboxylic acid groups (broad SMARTS) is 1. The maximum absolute atomic E-state index is 11.7. The van der Waals surface area contributed by atoms with Crippen molar-refractivity contribution in [2.24, 2.45) is 5.92 Å². The molecule has 1 aromatic rings. The average molecular weight is 348 g/mol. The normalized spacial score (nSPS) is 10.9. The molecule has 0 heterocycles. The third-order valence-corrected chi connectivity index (χ3v) is 3.40. The van der Waals surface area contributed by atoms with E-state index in [0.717, 1.165) is 11.8 Å². The van der Waals surface area contributed by atoms with Gasteiger partial charge < -0.3 is 9.84 Å². The molecular formula is C17H16O6S. The summed E-state index contributed by atoms with van der Waals surface area (Å²) in [5, 5.41) is 8.27. The van der Waals surface area contributed by atoms with Gasteiger partial charge in [-0.25, -0.2) is 4.79 Å². The predicted molar refractivity (Wildman–Crippen MR) is 89.1 cm³/mol. The van der Waals surface area contributed by atoms with Gasteiger partial charge in [0.2, 0.25) is 0 Å². The number of carboxylic acids is 1. The average Bonchev–Trinajstić information content (AvgIpc) is 2.50. The van der Waals surface area contributed by atoms with Crippen LogP contribution in [0.2, 0.25) is 0 Å². The van der Waals surface area contributed by atoms with E-state index >= 15 is 0 Å². The van der Waals surface area contributed by atoms with Crippen molar-refractivity contribution in [2.75, 3.05) is 5.75 Å². The smallest absolute Gasteiger partial charge is 0.373 e. The van der Waals surface area contributed by atoms with Crippen LogP contribution in [-0.4, -0.2) is 33.7 Å². The SMILES string of the molecule is CC(=O)CC(C#CCSC(=O)Oc1ccccc1C(C)=O)C(=O)O. The monoisotopic (exact) mass is 348 g/mol. The second kappa shape index (κ2) is 9.53. The largest absolute Gasteiger partial charge is 0.480 e. The molecule has 0 spiro atoms. The Morgan fingerprint density at radius 1 is 1.21 bits per heavy atom. The Bertz CT molecular complexity index is 713. The van der Waals surface area contributed by atoms with E-state index in [-0.39, 0.29) is 29.5 Å². The summed E-state index contributed by atoms with van der Waals surface area (Å²) >= 11 is 0.740. The summed E-state index contributed by atoms with van der Waals surface area (Å²) in [6, 6.07) is 6.36. The van der Waals surface area contributed by atoms with Crippen LogP contribution in [0, 0.1) is 17.8 Å². The molecule has 0 aliphatic heterocycles. The van der Waals surface area contributed by atoms with E-state index in [9.17, 15) is 19.2 Å². The molecule has 0 fully saturated rings. The Morgan fingerprint density at radius 2 is 1.88 bits per heavy atom. The van der Waals surface area contributed by atoms with E-state index in [1.165, 1.54) is 19.9 Å². The highest BCUT2D eigenvalue weighted by atomic mass is 32.2. The number of ketones is 2. The number of Topliss-reactive ketones (excluding diaryl/α,β-unsaturated/α-hetero) is 2. The van der Waals surface area contributed by atoms with Crippen LogP contribution in [0.4, 0.5) is 4.79 Å². The van der Waals surface area contributed by atoms with Gasteiger partial charge in [0.1, 0.15) is 17.5 Å². The topological polar surface area (TPSA) is 97.7 Å². The number of carbonyl (C=O) groups is 4. The molecule has 0 aliphatic rings. The fraction of sp³-hybridized carbons (Fsp3) is 0.294. The van der Waals surface area contributed by atoms with Gasteiger partial charge in [-0.2, -0.15) is 0 Å². The van der Waals surface area contributed by atoms with Crippen molar-refractivity contribution in [2.45, 2.75) is 20.3 Å². The molecule has 6 nitrogen and oxygen atoms in total. The zero-order valence-electron chi connectivity index (χ0n) is 13.2. The van der Waals surface area contributed by atoms with Crippen molar-refractivity contribution >= 4 is 34.6 Å². The fourth-order valence-corrected chi connectivity index (χ4v) is 2.14. The zero-order chi connectivity index (χ0) is 18.1. The van der Waals surface area contributed by atoms with Gasteiger partial charge in [0.15, 0.2) is 5.78 Å². The van der Waals surface area contributed by atoms with E-state index in [1.54, 1.807) is 18.2 Å². The van der Waals surface area contributed by atoms with Gasteiger partial charge in [0.05, 0.1) is 11.3 Å². The molecule has 1 rings (SSSR count). The summed E-state index contributed by atoms with van der Waals surface area (Å²) in [6.07, 6.45) is -0.177. The highest BCUT2D eigenvalue weighted by molar-refractivity contribution is 8.13. The van der Waals surface area contributed by atoms with E-state index < -0.39 is 17.2 Å². The second-order valence-corrected chi connectivity index (χ2v) is 5.72. The maximum atomic E-state index is 11.7. The van der Waals surface area contributed by atoms with E-state index in [4.69, 9.17) is 9.84 Å². The number of hydrogen-bond acceptors (Lipinski definition) is 6. The van der Waals surface area contributed by atoms with Crippen molar-refractivity contribution in [1.82, 2.24) is 0 Å². The summed E-state index contributed by atoms with van der Waals surface area (Å²) in [4.78, 5) is 45.0. The molecule has 126 valence electrons. The minimum absolute atomic E-state index is 0.0166. The number of hydrogen-bond donors (Lipinski definition) is 1. The van der Waals surface area contributed by atoms with Gasteiger partial charge in [0.25, 0.3) is 0 Å². The lowest BCUT2D eigenvalue weighted by atomic mass is 10.0. The minimum atomic E-state index is -1.18. The van der Waals surface area contributed by atoms with Crippen molar-refractivity contribution < 1.29 is 29.0 Å². The molecule has 0 bridgehead atoms. The first-order valence-electron chi connectivity index (χ1n) is 6.96. The lowest BCUT2D eigenvalue weighted by Crippen LogP contribution is -2.14. The summed E-state index contributed by atoms with van der Waals surface area (Å²) in [5.74, 6) is 2.40. The summed E-state index contributed by atoms with van der Waals surface area (Å²) in [7, 11) is 0. The summed E-state index contributed by atoms with van der Waals surface area (Å²) < 4.78 is 5.09. The first-order valence-corrected chi connectivity index (χ1v) is 7.95. The van der Waals surface area contributed by atoms with Crippen LogP contribution >= 0.6 is 11.8 Å². The molecule has 0 aliphatic carbocycles. The van der Waals surface area contributed by atoms with Crippen molar-refractivity contribution in [3.8, 4) is 17.6 Å². The molecule has 1 N–H and O–H groups in total. The highest BCUT2D eigenvalue weighted by Gasteiger charge is 2.16. The molecule has 0 saturated heterocycles. The standard InChI is InChI=1S/C17H16O6S/c1-11(18)10-13(16(20)21)6-5-9-24-17(22)23-15-8-4-3-7-14(15)12(2)19/h3-4,7-8,13H,9-10H2,1-2H3,(H,20,21). The van der Waals surface area contributed by atoms with Crippen molar-refractivity contribution in [3.05, 3.63) is 29.8 Å². The van der Waals surface area contributed by atoms with Gasteiger partial charge in [-0.15, -0.1) is 0 Å². The molecule has 1 unspecified atom stereocenters. The number of benzene rings is 1. The van der Waals surface area contributed by atoms with Gasteiger partial charge >= 0.3 is 11.3 Å². The third kappa shape index (κ3) is 6.67. The molecule has 7 heteroatoms. The van der Waals surface area contributed by atoms with Crippen LogP contribution < -0.4 is 4.74 Å². The Balaban J connectivity index is 2.59. The van der Waals surface area contributed by atoms with E-state index in [2.05, 4.69) is 11.8 Å². The lowest BCUT2D eigenvalue weighted by Gasteiger charge is -2.06. The molecule has 1 atom stereocenters. The molecule has 0 aromatic heterocycles. The van der Waals surface area contributed by atoms with Crippen LogP contribution in [0.5, 0.6) is 5.75 Å². The highest BCUT2D eigenvalue weighted by Crippen LogP contribution is 2.20. The second-order valence-electron chi connectivity index (χ2n) is 4.81. The Labute approximate surface area is 143 Å². The number of para-hydroxylation sites is 1. The Hall–Kier alpha value is -2.59. The third-order valence-electron chi connectivity index (χ3n) is 2.79. The van der Waals surface area contributed by atoms with Crippen LogP contribution in [0.1, 0.15) is 30.6 Å². The lowest BCUT2D eigenvalue weighted by molar-refractivity contribution is -0.141. The molecule has 0 saturated carbocycles. The van der Waals surface area contributed by atoms with Gasteiger partial charge in [-0.05, 0) is 37.7 Å². The first-order chi connectivity index (χ1) is 11.3. The predicted octanol–water partition coefficient (Wildman–Crippen LogP) is 2.80. The van der Waals surface area contributed by atoms with Crippen molar-refractivity contribution in [3.63, 3.8) is 0 Å². The van der Waals surface area contributed by atoms with E-state index in [1.807, 2.05) is 0 Å². The Morgan fingerprint density at radius 3 is 2.46 bits per heavy atom. The number of ether oxygens (including phenoxy) is 1. The number of thioether (sulfide) groups is 1. The van der Waals surface area contributed by atoms with Crippen molar-refractivity contribution in [1.29, 1.82) is 0 Å². The zero-order valence-corrected chi connectivity index (χ0v) is 14.0. The molecule has 0 radical (unpaired) electrons. The summed E-state index contributed by atoms with van der Waals surface area (Å²) in [6.45, 7) is 2.66. The molecule has 0 amide bonds. The van der Waals surface area contributed by atoms with Crippen LogP contribution in [0.25, 0.3) is 0 Å². The number of carbonyl (C=O) groups excluding carboxylic acids is 3. The molecule has 1 aromatic carbocycles. The van der Waals surface area contributed by atoms with Crippen LogP contribution in [-0.2, 0) is 9.59 Å². The molecular weight excluding hydrogens is 332 g/mol. The Kier molecular flexibility index (Phi) is 7.72. The van der Waals surface area contributed by atoms with Gasteiger partial charge in [0, 0.05) is 6.42 Å². The van der Waals surface area contributed by atoms with Gasteiger partial charge in [-0.1, -0.05) is 24.0 Å². The molecule has 24 heavy (non-hydrogen) atoms. The number of aliphatic carboxylic acids is 1. The van der Waals surface area contributed by atoms with Crippen LogP contribution in [0.15, 0.2) is 24.3 Å². The first kappa shape index (κ1) is 19.5. The van der Waals surface area contributed by atoms with Gasteiger partial charge in [-0.3, -0.25) is 14.4 Å². The number of rotatable bonds is 6. The fourth-order valence-electron chi connectivity index (χ4n) is 1.71.